The van der Waals surface area contributed by atoms with Crippen LogP contribution in [0.25, 0.3) is 10.9 Å². The van der Waals surface area contributed by atoms with Crippen molar-refractivity contribution < 1.29 is 9.53 Å². The van der Waals surface area contributed by atoms with Crippen molar-refractivity contribution in [2.45, 2.75) is 19.1 Å². The Balaban J connectivity index is 1.66. The fraction of sp³-hybridized carbons (Fsp3) is 0.250. The second-order valence-corrected chi connectivity index (χ2v) is 6.29. The Morgan fingerprint density at radius 1 is 1.16 bits per heavy atom. The molecule has 0 bridgehead atoms. The van der Waals surface area contributed by atoms with Gasteiger partial charge < -0.3 is 9.64 Å². The first-order chi connectivity index (χ1) is 12.2. The van der Waals surface area contributed by atoms with Crippen LogP contribution >= 0.6 is 0 Å². The second kappa shape index (κ2) is 6.61. The zero-order chi connectivity index (χ0) is 17.2. The summed E-state index contributed by atoms with van der Waals surface area (Å²) in [7, 11) is 0. The van der Waals surface area contributed by atoms with Crippen molar-refractivity contribution in [3.05, 3.63) is 72.2 Å². The van der Waals surface area contributed by atoms with Crippen LogP contribution in [0.4, 0.5) is 0 Å². The van der Waals surface area contributed by atoms with Crippen LogP contribution in [0.15, 0.2) is 61.1 Å². The van der Waals surface area contributed by atoms with Gasteiger partial charge in [-0.3, -0.25) is 14.8 Å². The van der Waals surface area contributed by atoms with Gasteiger partial charge in [-0.2, -0.15) is 0 Å². The van der Waals surface area contributed by atoms with Gasteiger partial charge in [0.15, 0.2) is 0 Å². The van der Waals surface area contributed by atoms with Crippen LogP contribution in [-0.2, 0) is 4.74 Å². The van der Waals surface area contributed by atoms with Gasteiger partial charge in [0.1, 0.15) is 6.10 Å². The Bertz CT molecular complexity index is 892. The van der Waals surface area contributed by atoms with E-state index in [0.29, 0.717) is 18.7 Å². The number of nitrogens with zero attached hydrogens (tertiary/aromatic N) is 3. The molecule has 3 aromatic rings. The van der Waals surface area contributed by atoms with E-state index in [1.54, 1.807) is 24.7 Å². The van der Waals surface area contributed by atoms with E-state index in [9.17, 15) is 4.79 Å². The summed E-state index contributed by atoms with van der Waals surface area (Å²) in [6, 6.07) is 13.6. The number of aromatic nitrogens is 2. The Hall–Kier alpha value is -2.79. The third-order valence-electron chi connectivity index (χ3n) is 4.64. The minimum absolute atomic E-state index is 0.00266. The predicted octanol–water partition coefficient (Wildman–Crippen LogP) is 3.23. The molecule has 0 radical (unpaired) electrons. The third kappa shape index (κ3) is 2.98. The van der Waals surface area contributed by atoms with Crippen LogP contribution in [0.5, 0.6) is 0 Å². The molecule has 126 valence electrons. The molecule has 1 amide bonds. The van der Waals surface area contributed by atoms with E-state index in [1.807, 2.05) is 48.2 Å². The molecule has 5 heteroatoms. The molecule has 0 aliphatic carbocycles. The maximum absolute atomic E-state index is 13.2. The fourth-order valence-electron chi connectivity index (χ4n) is 3.24. The van der Waals surface area contributed by atoms with E-state index < -0.39 is 0 Å². The number of fused-ring (bicyclic) bond motifs is 1. The quantitative estimate of drug-likeness (QED) is 0.722. The van der Waals surface area contributed by atoms with Gasteiger partial charge in [0.05, 0.1) is 30.3 Å². The molecule has 3 heterocycles. The number of ether oxygens (including phenoxy) is 1. The first-order valence-corrected chi connectivity index (χ1v) is 8.40. The molecule has 0 spiro atoms. The van der Waals surface area contributed by atoms with Gasteiger partial charge in [-0.05, 0) is 24.6 Å². The summed E-state index contributed by atoms with van der Waals surface area (Å²) < 4.78 is 5.96. The van der Waals surface area contributed by atoms with E-state index in [2.05, 4.69) is 9.97 Å². The second-order valence-electron chi connectivity index (χ2n) is 6.29. The van der Waals surface area contributed by atoms with Crippen LogP contribution in [0.2, 0.25) is 0 Å². The zero-order valence-corrected chi connectivity index (χ0v) is 14.0. The molecule has 2 aromatic heterocycles. The summed E-state index contributed by atoms with van der Waals surface area (Å²) in [5, 5.41) is 0.782. The lowest BCUT2D eigenvalue weighted by atomic mass is 10.0. The summed E-state index contributed by atoms with van der Waals surface area (Å²) in [5.74, 6) is -0.00266. The highest BCUT2D eigenvalue weighted by atomic mass is 16.5. The normalized spacial score (nSPS) is 20.6. The van der Waals surface area contributed by atoms with Crippen molar-refractivity contribution >= 4 is 16.8 Å². The highest BCUT2D eigenvalue weighted by molar-refractivity contribution is 6.05. The van der Waals surface area contributed by atoms with Crippen LogP contribution in [0, 0.1) is 0 Å². The largest absolute Gasteiger partial charge is 0.370 e. The molecule has 0 N–H and O–H groups in total. The number of carbonyl (C=O) groups is 1. The molecule has 4 rings (SSSR count). The Kier molecular flexibility index (Phi) is 4.15. The highest BCUT2D eigenvalue weighted by Gasteiger charge is 2.31. The molecule has 2 unspecified atom stereocenters. The Morgan fingerprint density at radius 3 is 2.84 bits per heavy atom. The molecule has 25 heavy (non-hydrogen) atoms. The van der Waals surface area contributed by atoms with Crippen LogP contribution in [-0.4, -0.2) is 40.0 Å². The molecule has 2 atom stereocenters. The summed E-state index contributed by atoms with van der Waals surface area (Å²) in [5.41, 5.74) is 2.51. The lowest BCUT2D eigenvalue weighted by Gasteiger charge is -2.38. The van der Waals surface area contributed by atoms with Crippen LogP contribution in [0.1, 0.15) is 28.9 Å². The van der Waals surface area contributed by atoms with Crippen LogP contribution in [0.3, 0.4) is 0 Å². The number of rotatable bonds is 2. The minimum Gasteiger partial charge on any atom is -0.370 e. The smallest absolute Gasteiger partial charge is 0.255 e. The van der Waals surface area contributed by atoms with Crippen molar-refractivity contribution in [1.29, 1.82) is 0 Å². The molecule has 1 aromatic carbocycles. The first kappa shape index (κ1) is 15.7. The number of carbonyl (C=O) groups excluding carboxylic acids is 1. The van der Waals surface area contributed by atoms with E-state index in [0.717, 1.165) is 16.5 Å². The monoisotopic (exact) mass is 333 g/mol. The number of hydrogen-bond acceptors (Lipinski definition) is 4. The van der Waals surface area contributed by atoms with Gasteiger partial charge in [0, 0.05) is 24.0 Å². The third-order valence-corrected chi connectivity index (χ3v) is 4.64. The van der Waals surface area contributed by atoms with Crippen molar-refractivity contribution in [2.24, 2.45) is 0 Å². The minimum atomic E-state index is -0.104. The van der Waals surface area contributed by atoms with Crippen molar-refractivity contribution in [2.75, 3.05) is 13.2 Å². The van der Waals surface area contributed by atoms with Crippen molar-refractivity contribution in [3.8, 4) is 0 Å². The fourth-order valence-corrected chi connectivity index (χ4v) is 3.24. The topological polar surface area (TPSA) is 55.3 Å². The van der Waals surface area contributed by atoms with E-state index in [-0.39, 0.29) is 18.1 Å². The SMILES string of the molecule is CC1COC(c2ccccc2)CN1C(=O)c1ccnc2ccncc12. The van der Waals surface area contributed by atoms with E-state index in [4.69, 9.17) is 4.74 Å². The summed E-state index contributed by atoms with van der Waals surface area (Å²) in [6.45, 7) is 3.07. The molecular weight excluding hydrogens is 314 g/mol. The molecule has 0 saturated carbocycles. The summed E-state index contributed by atoms with van der Waals surface area (Å²) >= 11 is 0. The van der Waals surface area contributed by atoms with Gasteiger partial charge in [0.2, 0.25) is 0 Å². The van der Waals surface area contributed by atoms with Crippen molar-refractivity contribution in [3.63, 3.8) is 0 Å². The summed E-state index contributed by atoms with van der Waals surface area (Å²) in [6.07, 6.45) is 4.96. The highest BCUT2D eigenvalue weighted by Crippen LogP contribution is 2.27. The molecule has 1 saturated heterocycles. The first-order valence-electron chi connectivity index (χ1n) is 8.40. The summed E-state index contributed by atoms with van der Waals surface area (Å²) in [4.78, 5) is 23.6. The Labute approximate surface area is 146 Å². The molecule has 1 aliphatic heterocycles. The lowest BCUT2D eigenvalue weighted by Crippen LogP contribution is -2.48. The number of amides is 1. The number of hydrogen-bond donors (Lipinski definition) is 0. The number of pyridine rings is 2. The van der Waals surface area contributed by atoms with Crippen molar-refractivity contribution in [1.82, 2.24) is 14.9 Å². The van der Waals surface area contributed by atoms with Crippen LogP contribution < -0.4 is 0 Å². The number of benzene rings is 1. The van der Waals surface area contributed by atoms with Gasteiger partial charge >= 0.3 is 0 Å². The zero-order valence-electron chi connectivity index (χ0n) is 14.0. The average Bonchev–Trinajstić information content (AvgIpc) is 2.68. The number of morpholine rings is 1. The van der Waals surface area contributed by atoms with E-state index in [1.165, 1.54) is 0 Å². The average molecular weight is 333 g/mol. The molecule has 1 fully saturated rings. The maximum atomic E-state index is 13.2. The molecular formula is C20H19N3O2. The maximum Gasteiger partial charge on any atom is 0.255 e. The molecule has 1 aliphatic rings. The standard InChI is InChI=1S/C20H19N3O2/c1-14-13-25-19(15-5-3-2-4-6-15)12-23(14)20(24)16-7-10-22-18-8-9-21-11-17(16)18/h2-11,14,19H,12-13H2,1H3. The molecule has 5 nitrogen and oxygen atoms in total. The van der Waals surface area contributed by atoms with Gasteiger partial charge in [-0.25, -0.2) is 0 Å². The lowest BCUT2D eigenvalue weighted by molar-refractivity contribution is -0.0486. The Morgan fingerprint density at radius 2 is 2.00 bits per heavy atom. The van der Waals surface area contributed by atoms with Gasteiger partial charge in [-0.1, -0.05) is 30.3 Å². The van der Waals surface area contributed by atoms with E-state index >= 15 is 0 Å². The predicted molar refractivity (Wildman–Crippen MR) is 95.2 cm³/mol. The van der Waals surface area contributed by atoms with Gasteiger partial charge in [-0.15, -0.1) is 0 Å². The van der Waals surface area contributed by atoms with Gasteiger partial charge in [0.25, 0.3) is 5.91 Å².